The van der Waals surface area contributed by atoms with Gasteiger partial charge in [-0.1, -0.05) is 12.1 Å². The molecule has 0 saturated carbocycles. The molecular formula is C17H15NO5. The molecule has 2 aromatic carbocycles. The molecule has 2 aliphatic heterocycles. The Morgan fingerprint density at radius 3 is 2.57 bits per heavy atom. The van der Waals surface area contributed by atoms with Crippen LogP contribution in [0, 0.1) is 0 Å². The fourth-order valence-electron chi connectivity index (χ4n) is 2.59. The summed E-state index contributed by atoms with van der Waals surface area (Å²) in [7, 11) is 0. The Morgan fingerprint density at radius 2 is 1.74 bits per heavy atom. The minimum Gasteiger partial charge on any atom is -0.482 e. The second-order valence-electron chi connectivity index (χ2n) is 5.37. The van der Waals surface area contributed by atoms with Gasteiger partial charge in [-0.3, -0.25) is 4.79 Å². The molecule has 2 aliphatic rings. The Labute approximate surface area is 132 Å². The summed E-state index contributed by atoms with van der Waals surface area (Å²) in [5.41, 5.74) is 0.619. The summed E-state index contributed by atoms with van der Waals surface area (Å²) >= 11 is 0. The van der Waals surface area contributed by atoms with Crippen molar-refractivity contribution in [2.24, 2.45) is 0 Å². The predicted octanol–water partition coefficient (Wildman–Crippen LogP) is 2.58. The van der Waals surface area contributed by atoms with Crippen molar-refractivity contribution in [2.45, 2.75) is 19.1 Å². The zero-order valence-corrected chi connectivity index (χ0v) is 12.4. The van der Waals surface area contributed by atoms with Crippen molar-refractivity contribution in [3.63, 3.8) is 0 Å². The third-order valence-electron chi connectivity index (χ3n) is 3.74. The molecule has 2 heterocycles. The van der Waals surface area contributed by atoms with Gasteiger partial charge in [-0.15, -0.1) is 0 Å². The van der Waals surface area contributed by atoms with Crippen LogP contribution in [0.4, 0.5) is 5.69 Å². The second kappa shape index (κ2) is 5.39. The first-order valence-electron chi connectivity index (χ1n) is 7.33. The molecule has 23 heavy (non-hydrogen) atoms. The van der Waals surface area contributed by atoms with Gasteiger partial charge in [0.2, 0.25) is 12.9 Å². The van der Waals surface area contributed by atoms with Crippen LogP contribution in [0.25, 0.3) is 0 Å². The minimum atomic E-state index is -0.727. The van der Waals surface area contributed by atoms with Crippen molar-refractivity contribution in [3.05, 3.63) is 42.5 Å². The van der Waals surface area contributed by atoms with Gasteiger partial charge in [0.25, 0.3) is 5.91 Å². The number of carbonyl (C=O) groups excluding carboxylic acids is 1. The molecule has 2 aromatic rings. The summed E-state index contributed by atoms with van der Waals surface area (Å²) in [6.07, 6.45) is -1.12. The molecule has 0 fully saturated rings. The van der Waals surface area contributed by atoms with E-state index >= 15 is 0 Å². The molecule has 1 amide bonds. The van der Waals surface area contributed by atoms with Crippen molar-refractivity contribution in [3.8, 4) is 23.0 Å². The van der Waals surface area contributed by atoms with Crippen molar-refractivity contribution in [2.75, 3.05) is 12.1 Å². The number of para-hydroxylation sites is 2. The number of hydrogen-bond acceptors (Lipinski definition) is 5. The first-order valence-corrected chi connectivity index (χ1v) is 7.33. The van der Waals surface area contributed by atoms with E-state index in [1.165, 1.54) is 0 Å². The van der Waals surface area contributed by atoms with Gasteiger partial charge in [-0.2, -0.15) is 0 Å². The maximum atomic E-state index is 12.5. The van der Waals surface area contributed by atoms with Crippen LogP contribution >= 0.6 is 0 Å². The summed E-state index contributed by atoms with van der Waals surface area (Å²) < 4.78 is 22.1. The number of fused-ring (bicyclic) bond motifs is 2. The summed E-state index contributed by atoms with van der Waals surface area (Å²) in [6, 6.07) is 12.5. The molecule has 4 rings (SSSR count). The molecule has 0 bridgehead atoms. The Bertz CT molecular complexity index is 760. The van der Waals surface area contributed by atoms with E-state index in [1.54, 1.807) is 31.2 Å². The fraction of sp³-hybridized carbons (Fsp3) is 0.235. The third-order valence-corrected chi connectivity index (χ3v) is 3.74. The maximum absolute atomic E-state index is 12.5. The van der Waals surface area contributed by atoms with Crippen molar-refractivity contribution in [1.29, 1.82) is 0 Å². The number of benzene rings is 2. The molecule has 0 saturated heterocycles. The highest BCUT2D eigenvalue weighted by molar-refractivity contribution is 5.95. The van der Waals surface area contributed by atoms with Gasteiger partial charge in [0, 0.05) is 11.8 Å². The van der Waals surface area contributed by atoms with Crippen LogP contribution in [0.2, 0.25) is 0 Å². The lowest BCUT2D eigenvalue weighted by atomic mass is 10.1. The number of hydrogen-bond donors (Lipinski definition) is 1. The van der Waals surface area contributed by atoms with Crippen LogP contribution < -0.4 is 24.3 Å². The van der Waals surface area contributed by atoms with Gasteiger partial charge in [0.1, 0.15) is 6.10 Å². The summed E-state index contributed by atoms with van der Waals surface area (Å²) in [5.74, 6) is 2.22. The highest BCUT2D eigenvalue weighted by atomic mass is 16.7. The van der Waals surface area contributed by atoms with E-state index < -0.39 is 6.10 Å². The van der Waals surface area contributed by atoms with Crippen LogP contribution in [-0.4, -0.2) is 24.9 Å². The standard InChI is InChI=1S/C17H15NO5/c1-10-16(23-14-5-3-2-4-13(14)22-10)17(19)18-11-6-7-12-15(8-11)21-9-20-12/h2-8,10,16H,9H2,1H3,(H,18,19). The van der Waals surface area contributed by atoms with Gasteiger partial charge >= 0.3 is 0 Å². The van der Waals surface area contributed by atoms with Crippen LogP contribution in [0.3, 0.4) is 0 Å². The number of nitrogens with one attached hydrogen (secondary N) is 1. The monoisotopic (exact) mass is 313 g/mol. The molecule has 0 aliphatic carbocycles. The zero-order chi connectivity index (χ0) is 15.8. The summed E-state index contributed by atoms with van der Waals surface area (Å²) in [4.78, 5) is 12.5. The Kier molecular flexibility index (Phi) is 3.22. The van der Waals surface area contributed by atoms with E-state index in [0.717, 1.165) is 0 Å². The lowest BCUT2D eigenvalue weighted by Crippen LogP contribution is -2.46. The van der Waals surface area contributed by atoms with Crippen molar-refractivity contribution >= 4 is 11.6 Å². The molecule has 118 valence electrons. The van der Waals surface area contributed by atoms with E-state index in [0.29, 0.717) is 28.7 Å². The van der Waals surface area contributed by atoms with E-state index in [4.69, 9.17) is 18.9 Å². The van der Waals surface area contributed by atoms with Crippen molar-refractivity contribution in [1.82, 2.24) is 0 Å². The average molecular weight is 313 g/mol. The average Bonchev–Trinajstić information content (AvgIpc) is 3.01. The number of anilines is 1. The molecule has 1 N–H and O–H groups in total. The Balaban J connectivity index is 1.51. The van der Waals surface area contributed by atoms with Crippen LogP contribution in [0.1, 0.15) is 6.92 Å². The van der Waals surface area contributed by atoms with E-state index in [2.05, 4.69) is 5.32 Å². The molecule has 0 aromatic heterocycles. The van der Waals surface area contributed by atoms with Crippen LogP contribution in [0.15, 0.2) is 42.5 Å². The molecule has 6 heteroatoms. The topological polar surface area (TPSA) is 66.0 Å². The van der Waals surface area contributed by atoms with E-state index in [-0.39, 0.29) is 18.8 Å². The molecule has 2 unspecified atom stereocenters. The van der Waals surface area contributed by atoms with Gasteiger partial charge < -0.3 is 24.3 Å². The number of carbonyl (C=O) groups is 1. The first-order chi connectivity index (χ1) is 11.2. The van der Waals surface area contributed by atoms with Crippen LogP contribution in [0.5, 0.6) is 23.0 Å². The largest absolute Gasteiger partial charge is 0.482 e. The number of ether oxygens (including phenoxy) is 4. The zero-order valence-electron chi connectivity index (χ0n) is 12.4. The second-order valence-corrected chi connectivity index (χ2v) is 5.37. The highest BCUT2D eigenvalue weighted by Gasteiger charge is 2.34. The normalized spacial score (nSPS) is 20.9. The maximum Gasteiger partial charge on any atom is 0.269 e. The molecule has 2 atom stereocenters. The van der Waals surface area contributed by atoms with E-state index in [9.17, 15) is 4.79 Å². The quantitative estimate of drug-likeness (QED) is 0.923. The lowest BCUT2D eigenvalue weighted by molar-refractivity contribution is -0.128. The Hall–Kier alpha value is -2.89. The molecule has 6 nitrogen and oxygen atoms in total. The predicted molar refractivity (Wildman–Crippen MR) is 82.1 cm³/mol. The van der Waals surface area contributed by atoms with Gasteiger partial charge in [0.05, 0.1) is 0 Å². The Morgan fingerprint density at radius 1 is 1.00 bits per heavy atom. The van der Waals surface area contributed by atoms with Crippen molar-refractivity contribution < 1.29 is 23.7 Å². The van der Waals surface area contributed by atoms with Gasteiger partial charge in [0.15, 0.2) is 23.0 Å². The number of rotatable bonds is 2. The molecule has 0 spiro atoms. The smallest absolute Gasteiger partial charge is 0.269 e. The van der Waals surface area contributed by atoms with E-state index in [1.807, 2.05) is 18.2 Å². The summed E-state index contributed by atoms with van der Waals surface area (Å²) in [5, 5.41) is 2.82. The minimum absolute atomic E-state index is 0.195. The SMILES string of the molecule is CC1Oc2ccccc2OC1C(=O)Nc1ccc2c(c1)OCO2. The first kappa shape index (κ1) is 13.8. The summed E-state index contributed by atoms with van der Waals surface area (Å²) in [6.45, 7) is 2.00. The fourth-order valence-corrected chi connectivity index (χ4v) is 2.59. The number of amides is 1. The van der Waals surface area contributed by atoms with Gasteiger partial charge in [-0.25, -0.2) is 0 Å². The lowest BCUT2D eigenvalue weighted by Gasteiger charge is -2.31. The third kappa shape index (κ3) is 2.52. The van der Waals surface area contributed by atoms with Crippen LogP contribution in [-0.2, 0) is 4.79 Å². The highest BCUT2D eigenvalue weighted by Crippen LogP contribution is 2.35. The molecular weight excluding hydrogens is 298 g/mol. The molecule has 0 radical (unpaired) electrons. The van der Waals surface area contributed by atoms with Gasteiger partial charge in [-0.05, 0) is 31.2 Å².